The maximum Gasteiger partial charge on any atom is 0.358 e. The molecule has 1 amide bonds. The van der Waals surface area contributed by atoms with E-state index >= 15 is 0 Å². The minimum atomic E-state index is -1.19. The quantitative estimate of drug-likeness (QED) is 0.839. The van der Waals surface area contributed by atoms with Gasteiger partial charge in [-0.05, 0) is 38.1 Å². The summed E-state index contributed by atoms with van der Waals surface area (Å²) < 4.78 is 6.52. The van der Waals surface area contributed by atoms with Gasteiger partial charge in [-0.1, -0.05) is 5.21 Å². The lowest BCUT2D eigenvalue weighted by Crippen LogP contribution is -2.24. The van der Waals surface area contributed by atoms with Crippen LogP contribution in [-0.4, -0.2) is 38.6 Å². The van der Waals surface area contributed by atoms with Gasteiger partial charge in [-0.2, -0.15) is 0 Å². The fourth-order valence-electron chi connectivity index (χ4n) is 1.73. The minimum absolute atomic E-state index is 0.208. The van der Waals surface area contributed by atoms with Crippen LogP contribution in [0.25, 0.3) is 0 Å². The first-order chi connectivity index (χ1) is 10.5. The second-order valence-electron chi connectivity index (χ2n) is 4.51. The molecular weight excluding hydrogens is 288 g/mol. The van der Waals surface area contributed by atoms with Gasteiger partial charge < -0.3 is 15.2 Å². The van der Waals surface area contributed by atoms with Crippen LogP contribution in [0, 0.1) is 0 Å². The van der Waals surface area contributed by atoms with Gasteiger partial charge >= 0.3 is 5.97 Å². The van der Waals surface area contributed by atoms with Crippen molar-refractivity contribution < 1.29 is 19.4 Å². The Bertz CT molecular complexity index is 666. The number of hydrogen-bond acceptors (Lipinski definition) is 5. The van der Waals surface area contributed by atoms with E-state index in [-0.39, 0.29) is 11.6 Å². The van der Waals surface area contributed by atoms with Crippen LogP contribution in [0.5, 0.6) is 5.75 Å². The zero-order valence-corrected chi connectivity index (χ0v) is 12.2. The molecule has 0 aliphatic rings. The number of aromatic carboxylic acids is 1. The molecule has 116 valence electrons. The van der Waals surface area contributed by atoms with E-state index in [0.717, 1.165) is 5.75 Å². The molecule has 2 N–H and O–H groups in total. The molecule has 22 heavy (non-hydrogen) atoms. The summed E-state index contributed by atoms with van der Waals surface area (Å²) in [6.45, 7) is 4.06. The van der Waals surface area contributed by atoms with Gasteiger partial charge in [-0.25, -0.2) is 9.48 Å². The predicted octanol–water partition coefficient (Wildman–Crippen LogP) is 1.57. The van der Waals surface area contributed by atoms with Gasteiger partial charge in [0.05, 0.1) is 12.8 Å². The highest BCUT2D eigenvalue weighted by molar-refractivity contribution is 5.93. The number of carbonyl (C=O) groups excluding carboxylic acids is 1. The standard InChI is InChI=1S/C14H16N4O4/c1-3-22-11-6-4-10(5-7-11)15-13(19)9(2)18-8-12(14(20)21)16-17-18/h4-9H,3H2,1-2H3,(H,15,19)(H,20,21). The lowest BCUT2D eigenvalue weighted by Gasteiger charge is -2.12. The fourth-order valence-corrected chi connectivity index (χ4v) is 1.73. The summed E-state index contributed by atoms with van der Waals surface area (Å²) in [6, 6.07) is 6.26. The summed E-state index contributed by atoms with van der Waals surface area (Å²) in [5, 5.41) is 18.6. The van der Waals surface area contributed by atoms with Gasteiger partial charge in [0.2, 0.25) is 5.91 Å². The maximum atomic E-state index is 12.1. The average Bonchev–Trinajstić information content (AvgIpc) is 2.99. The second-order valence-corrected chi connectivity index (χ2v) is 4.51. The number of carboxylic acids is 1. The van der Waals surface area contributed by atoms with Gasteiger partial charge in [0, 0.05) is 5.69 Å². The molecule has 2 aromatic rings. The Labute approximate surface area is 126 Å². The van der Waals surface area contributed by atoms with Gasteiger partial charge in [-0.3, -0.25) is 4.79 Å². The van der Waals surface area contributed by atoms with Gasteiger partial charge in [0.1, 0.15) is 11.8 Å². The predicted molar refractivity (Wildman–Crippen MR) is 77.9 cm³/mol. The number of nitrogens with zero attached hydrogens (tertiary/aromatic N) is 3. The number of anilines is 1. The Balaban J connectivity index is 2.02. The molecule has 8 heteroatoms. The normalized spacial score (nSPS) is 11.7. The van der Waals surface area contributed by atoms with E-state index in [4.69, 9.17) is 9.84 Å². The number of nitrogens with one attached hydrogen (secondary N) is 1. The highest BCUT2D eigenvalue weighted by Gasteiger charge is 2.18. The van der Waals surface area contributed by atoms with Crippen LogP contribution >= 0.6 is 0 Å². The minimum Gasteiger partial charge on any atom is -0.494 e. The number of benzene rings is 1. The molecule has 8 nitrogen and oxygen atoms in total. The van der Waals surface area contributed by atoms with Crippen molar-refractivity contribution in [3.63, 3.8) is 0 Å². The first-order valence-electron chi connectivity index (χ1n) is 6.70. The molecule has 0 bridgehead atoms. The highest BCUT2D eigenvalue weighted by atomic mass is 16.5. The molecule has 0 saturated carbocycles. The second kappa shape index (κ2) is 6.70. The van der Waals surface area contributed by atoms with Crippen molar-refractivity contribution in [1.29, 1.82) is 0 Å². The van der Waals surface area contributed by atoms with Crippen molar-refractivity contribution in [3.8, 4) is 5.75 Å². The summed E-state index contributed by atoms with van der Waals surface area (Å²) in [5.41, 5.74) is 0.402. The van der Waals surface area contributed by atoms with E-state index in [9.17, 15) is 9.59 Å². The van der Waals surface area contributed by atoms with Crippen LogP contribution in [0.4, 0.5) is 5.69 Å². The van der Waals surface area contributed by atoms with E-state index in [0.29, 0.717) is 12.3 Å². The summed E-state index contributed by atoms with van der Waals surface area (Å²) in [5.74, 6) is -0.799. The molecule has 0 aliphatic carbocycles. The fraction of sp³-hybridized carbons (Fsp3) is 0.286. The average molecular weight is 304 g/mol. The number of carbonyl (C=O) groups is 2. The van der Waals surface area contributed by atoms with Gasteiger partial charge in [-0.15, -0.1) is 5.10 Å². The first-order valence-corrected chi connectivity index (χ1v) is 6.70. The summed E-state index contributed by atoms with van der Waals surface area (Å²) in [4.78, 5) is 22.9. The number of rotatable bonds is 6. The number of amides is 1. The Kier molecular flexibility index (Phi) is 4.72. The van der Waals surface area contributed by atoms with Crippen molar-refractivity contribution in [1.82, 2.24) is 15.0 Å². The molecule has 0 spiro atoms. The lowest BCUT2D eigenvalue weighted by molar-refractivity contribution is -0.119. The zero-order chi connectivity index (χ0) is 16.1. The summed E-state index contributed by atoms with van der Waals surface area (Å²) in [7, 11) is 0. The molecule has 2 rings (SSSR count). The molecule has 0 fully saturated rings. The van der Waals surface area contributed by atoms with Crippen LogP contribution in [0.3, 0.4) is 0 Å². The topological polar surface area (TPSA) is 106 Å². The SMILES string of the molecule is CCOc1ccc(NC(=O)C(C)n2cc(C(=O)O)nn2)cc1. The third-order valence-corrected chi connectivity index (χ3v) is 2.94. The van der Waals surface area contributed by atoms with E-state index in [1.54, 1.807) is 31.2 Å². The lowest BCUT2D eigenvalue weighted by atomic mass is 10.2. The molecular formula is C14H16N4O4. The molecule has 0 aliphatic heterocycles. The summed E-state index contributed by atoms with van der Waals surface area (Å²) >= 11 is 0. The van der Waals surface area contributed by atoms with Crippen molar-refractivity contribution in [2.24, 2.45) is 0 Å². The number of hydrogen-bond donors (Lipinski definition) is 2. The maximum absolute atomic E-state index is 12.1. The van der Waals surface area contributed by atoms with Crippen LogP contribution < -0.4 is 10.1 Å². The third kappa shape index (κ3) is 3.60. The molecule has 1 atom stereocenters. The Morgan fingerprint density at radius 3 is 2.59 bits per heavy atom. The van der Waals surface area contributed by atoms with Crippen molar-refractivity contribution in [3.05, 3.63) is 36.2 Å². The summed E-state index contributed by atoms with van der Waals surface area (Å²) in [6.07, 6.45) is 1.21. The molecule has 1 heterocycles. The largest absolute Gasteiger partial charge is 0.494 e. The van der Waals surface area contributed by atoms with Crippen LogP contribution in [0.2, 0.25) is 0 Å². The van der Waals surface area contributed by atoms with Gasteiger partial charge in [0.25, 0.3) is 0 Å². The van der Waals surface area contributed by atoms with Gasteiger partial charge in [0.15, 0.2) is 5.69 Å². The van der Waals surface area contributed by atoms with E-state index in [2.05, 4.69) is 15.6 Å². The van der Waals surface area contributed by atoms with Crippen molar-refractivity contribution in [2.45, 2.75) is 19.9 Å². The molecule has 1 unspecified atom stereocenters. The molecule has 0 radical (unpaired) electrons. The zero-order valence-electron chi connectivity index (χ0n) is 12.2. The molecule has 0 saturated heterocycles. The number of aromatic nitrogens is 3. The van der Waals surface area contributed by atoms with E-state index < -0.39 is 12.0 Å². The van der Waals surface area contributed by atoms with Crippen LogP contribution in [0.15, 0.2) is 30.5 Å². The highest BCUT2D eigenvalue weighted by Crippen LogP contribution is 2.17. The monoisotopic (exact) mass is 304 g/mol. The van der Waals surface area contributed by atoms with E-state index in [1.807, 2.05) is 6.92 Å². The molecule has 1 aromatic heterocycles. The van der Waals surface area contributed by atoms with E-state index in [1.165, 1.54) is 10.9 Å². The van der Waals surface area contributed by atoms with Crippen LogP contribution in [-0.2, 0) is 4.79 Å². The van der Waals surface area contributed by atoms with Crippen molar-refractivity contribution in [2.75, 3.05) is 11.9 Å². The van der Waals surface area contributed by atoms with Crippen molar-refractivity contribution >= 4 is 17.6 Å². The Hall–Kier alpha value is -2.90. The molecule has 1 aromatic carbocycles. The van der Waals surface area contributed by atoms with Crippen LogP contribution in [0.1, 0.15) is 30.4 Å². The Morgan fingerprint density at radius 1 is 1.36 bits per heavy atom. The third-order valence-electron chi connectivity index (χ3n) is 2.94. The Morgan fingerprint density at radius 2 is 2.05 bits per heavy atom. The number of carboxylic acid groups (broad SMARTS) is 1. The first kappa shape index (κ1) is 15.5. The number of ether oxygens (including phenoxy) is 1. The smallest absolute Gasteiger partial charge is 0.358 e.